The Morgan fingerprint density at radius 3 is 1.67 bits per heavy atom. The standard InChI is InChI=1S/C11H14N2O2/c1-7-4-8(2)11(6-13-15)9(3)10(7)5-12-14/h4-6,14-15H,1-3H3/b12-5+,13-6+. The second kappa shape index (κ2) is 4.59. The molecule has 2 N–H and O–H groups in total. The van der Waals surface area contributed by atoms with E-state index < -0.39 is 0 Å². The Morgan fingerprint density at radius 2 is 1.33 bits per heavy atom. The number of nitrogens with zero attached hydrogens (tertiary/aromatic N) is 2. The average molecular weight is 206 g/mol. The molecular weight excluding hydrogens is 192 g/mol. The molecule has 80 valence electrons. The van der Waals surface area contributed by atoms with E-state index in [1.807, 2.05) is 26.8 Å². The van der Waals surface area contributed by atoms with Gasteiger partial charge in [0.05, 0.1) is 12.4 Å². The highest BCUT2D eigenvalue weighted by atomic mass is 16.4. The molecule has 0 unspecified atom stereocenters. The first kappa shape index (κ1) is 11.2. The number of hydrogen-bond acceptors (Lipinski definition) is 4. The molecule has 1 aromatic carbocycles. The van der Waals surface area contributed by atoms with E-state index in [0.717, 1.165) is 27.8 Å². The Hall–Kier alpha value is -1.84. The second-order valence-electron chi connectivity index (χ2n) is 3.45. The third-order valence-corrected chi connectivity index (χ3v) is 2.46. The molecular formula is C11H14N2O2. The molecule has 0 aliphatic rings. The number of rotatable bonds is 2. The first-order valence-corrected chi connectivity index (χ1v) is 4.57. The van der Waals surface area contributed by atoms with E-state index in [9.17, 15) is 0 Å². The van der Waals surface area contributed by atoms with E-state index in [2.05, 4.69) is 10.3 Å². The van der Waals surface area contributed by atoms with Crippen LogP contribution in [0, 0.1) is 20.8 Å². The van der Waals surface area contributed by atoms with Gasteiger partial charge in [0, 0.05) is 11.1 Å². The average Bonchev–Trinajstić information content (AvgIpc) is 2.19. The zero-order valence-corrected chi connectivity index (χ0v) is 9.02. The topological polar surface area (TPSA) is 65.2 Å². The molecule has 0 radical (unpaired) electrons. The normalized spacial score (nSPS) is 11.7. The summed E-state index contributed by atoms with van der Waals surface area (Å²) >= 11 is 0. The third-order valence-electron chi connectivity index (χ3n) is 2.46. The summed E-state index contributed by atoms with van der Waals surface area (Å²) in [7, 11) is 0. The van der Waals surface area contributed by atoms with Crippen molar-refractivity contribution in [2.45, 2.75) is 20.8 Å². The summed E-state index contributed by atoms with van der Waals surface area (Å²) in [6, 6.07) is 1.96. The van der Waals surface area contributed by atoms with Crippen LogP contribution < -0.4 is 0 Å². The lowest BCUT2D eigenvalue weighted by molar-refractivity contribution is 0.321. The fourth-order valence-electron chi connectivity index (χ4n) is 1.73. The van der Waals surface area contributed by atoms with Crippen LogP contribution in [0.2, 0.25) is 0 Å². The molecule has 0 fully saturated rings. The van der Waals surface area contributed by atoms with Gasteiger partial charge in [-0.3, -0.25) is 0 Å². The van der Waals surface area contributed by atoms with Gasteiger partial charge in [-0.2, -0.15) is 0 Å². The van der Waals surface area contributed by atoms with Crippen molar-refractivity contribution in [1.29, 1.82) is 0 Å². The Balaban J connectivity index is 3.48. The molecule has 4 nitrogen and oxygen atoms in total. The third kappa shape index (κ3) is 2.15. The van der Waals surface area contributed by atoms with Gasteiger partial charge >= 0.3 is 0 Å². The molecule has 0 aliphatic carbocycles. The van der Waals surface area contributed by atoms with Crippen LogP contribution >= 0.6 is 0 Å². The van der Waals surface area contributed by atoms with Gasteiger partial charge in [0.15, 0.2) is 0 Å². The summed E-state index contributed by atoms with van der Waals surface area (Å²) in [4.78, 5) is 0. The summed E-state index contributed by atoms with van der Waals surface area (Å²) in [5.74, 6) is 0. The summed E-state index contributed by atoms with van der Waals surface area (Å²) in [5, 5.41) is 23.1. The van der Waals surface area contributed by atoms with E-state index in [0.29, 0.717) is 0 Å². The lowest BCUT2D eigenvalue weighted by Crippen LogP contribution is -2.01. The van der Waals surface area contributed by atoms with Gasteiger partial charge in [0.2, 0.25) is 0 Å². The minimum Gasteiger partial charge on any atom is -0.411 e. The van der Waals surface area contributed by atoms with Gasteiger partial charge in [0.25, 0.3) is 0 Å². The van der Waals surface area contributed by atoms with E-state index >= 15 is 0 Å². The number of aryl methyl sites for hydroxylation is 2. The molecule has 1 aromatic rings. The summed E-state index contributed by atoms with van der Waals surface area (Å²) in [6.07, 6.45) is 2.78. The molecule has 0 aliphatic heterocycles. The van der Waals surface area contributed by atoms with Crippen LogP contribution in [0.25, 0.3) is 0 Å². The van der Waals surface area contributed by atoms with Crippen LogP contribution in [0.15, 0.2) is 16.4 Å². The molecule has 0 spiro atoms. The molecule has 0 amide bonds. The van der Waals surface area contributed by atoms with Crippen molar-refractivity contribution in [3.8, 4) is 0 Å². The fourth-order valence-corrected chi connectivity index (χ4v) is 1.73. The van der Waals surface area contributed by atoms with Gasteiger partial charge < -0.3 is 10.4 Å². The largest absolute Gasteiger partial charge is 0.411 e. The molecule has 0 bridgehead atoms. The van der Waals surface area contributed by atoms with Gasteiger partial charge in [-0.1, -0.05) is 16.4 Å². The fraction of sp³-hybridized carbons (Fsp3) is 0.273. The maximum atomic E-state index is 8.55. The van der Waals surface area contributed by atoms with Crippen LogP contribution in [-0.4, -0.2) is 22.8 Å². The maximum Gasteiger partial charge on any atom is 0.0739 e. The van der Waals surface area contributed by atoms with E-state index in [-0.39, 0.29) is 0 Å². The SMILES string of the molecule is Cc1cc(C)c(/C=N/O)c(C)c1/C=N/O. The van der Waals surface area contributed by atoms with Crippen molar-refractivity contribution < 1.29 is 10.4 Å². The molecule has 0 aromatic heterocycles. The molecule has 0 heterocycles. The van der Waals surface area contributed by atoms with Crippen LogP contribution in [0.1, 0.15) is 27.8 Å². The van der Waals surface area contributed by atoms with E-state index in [1.54, 1.807) is 0 Å². The first-order valence-electron chi connectivity index (χ1n) is 4.57. The predicted octanol–water partition coefficient (Wildman–Crippen LogP) is 2.23. The van der Waals surface area contributed by atoms with Crippen LogP contribution in [-0.2, 0) is 0 Å². The summed E-state index contributed by atoms with van der Waals surface area (Å²) in [6.45, 7) is 5.78. The Labute approximate surface area is 88.5 Å². The number of oxime groups is 2. The smallest absolute Gasteiger partial charge is 0.0739 e. The van der Waals surface area contributed by atoms with Crippen molar-refractivity contribution in [2.75, 3.05) is 0 Å². The van der Waals surface area contributed by atoms with Crippen molar-refractivity contribution in [3.05, 3.63) is 33.9 Å². The highest BCUT2D eigenvalue weighted by Gasteiger charge is 2.08. The molecule has 1 rings (SSSR count). The zero-order chi connectivity index (χ0) is 11.4. The molecule has 0 saturated carbocycles. The van der Waals surface area contributed by atoms with Crippen LogP contribution in [0.3, 0.4) is 0 Å². The minimum atomic E-state index is 0.845. The quantitative estimate of drug-likeness (QED) is 0.442. The molecule has 4 heteroatoms. The second-order valence-corrected chi connectivity index (χ2v) is 3.45. The molecule has 0 saturated heterocycles. The zero-order valence-electron chi connectivity index (χ0n) is 9.02. The van der Waals surface area contributed by atoms with E-state index in [4.69, 9.17) is 10.4 Å². The highest BCUT2D eigenvalue weighted by molar-refractivity contribution is 5.91. The lowest BCUT2D eigenvalue weighted by atomic mass is 9.94. The minimum absolute atomic E-state index is 0.845. The summed E-state index contributed by atoms with van der Waals surface area (Å²) < 4.78 is 0. The number of hydrogen-bond donors (Lipinski definition) is 2. The van der Waals surface area contributed by atoms with Crippen molar-refractivity contribution in [3.63, 3.8) is 0 Å². The number of benzene rings is 1. The Morgan fingerprint density at radius 1 is 0.933 bits per heavy atom. The van der Waals surface area contributed by atoms with Gasteiger partial charge in [-0.25, -0.2) is 0 Å². The van der Waals surface area contributed by atoms with Crippen molar-refractivity contribution >= 4 is 12.4 Å². The Bertz CT molecular complexity index is 387. The summed E-state index contributed by atoms with van der Waals surface area (Å²) in [5.41, 5.74) is 4.68. The van der Waals surface area contributed by atoms with Crippen LogP contribution in [0.4, 0.5) is 0 Å². The van der Waals surface area contributed by atoms with Crippen molar-refractivity contribution in [1.82, 2.24) is 0 Å². The monoisotopic (exact) mass is 206 g/mol. The maximum absolute atomic E-state index is 8.55. The lowest BCUT2D eigenvalue weighted by Gasteiger charge is -2.10. The molecule has 15 heavy (non-hydrogen) atoms. The van der Waals surface area contributed by atoms with Crippen molar-refractivity contribution in [2.24, 2.45) is 10.3 Å². The van der Waals surface area contributed by atoms with E-state index in [1.165, 1.54) is 12.4 Å². The predicted molar refractivity (Wildman–Crippen MR) is 59.4 cm³/mol. The van der Waals surface area contributed by atoms with Gasteiger partial charge in [-0.15, -0.1) is 0 Å². The van der Waals surface area contributed by atoms with Gasteiger partial charge in [-0.05, 0) is 37.5 Å². The van der Waals surface area contributed by atoms with Gasteiger partial charge in [0.1, 0.15) is 0 Å². The highest BCUT2D eigenvalue weighted by Crippen LogP contribution is 2.19. The van der Waals surface area contributed by atoms with Crippen LogP contribution in [0.5, 0.6) is 0 Å². The first-order chi connectivity index (χ1) is 7.11. The molecule has 0 atom stereocenters. The Kier molecular flexibility index (Phi) is 3.44.